The Morgan fingerprint density at radius 1 is 1.26 bits per heavy atom. The van der Waals surface area contributed by atoms with Crippen LogP contribution in [0.4, 0.5) is 0 Å². The molecule has 9 heteroatoms. The van der Waals surface area contributed by atoms with Gasteiger partial charge < -0.3 is 26.2 Å². The Labute approximate surface area is 133 Å². The molecular formula is C14H23N3O6. The number of likely N-dealkylation sites (tertiary alicyclic amines) is 1. The van der Waals surface area contributed by atoms with Crippen LogP contribution in [0.5, 0.6) is 0 Å². The van der Waals surface area contributed by atoms with Crippen LogP contribution in [0.25, 0.3) is 0 Å². The first kappa shape index (κ1) is 18.9. The number of hydrogen-bond donors (Lipinski definition) is 4. The van der Waals surface area contributed by atoms with Crippen LogP contribution < -0.4 is 11.1 Å². The molecule has 0 spiro atoms. The average molecular weight is 329 g/mol. The van der Waals surface area contributed by atoms with E-state index in [0.717, 1.165) is 0 Å². The third kappa shape index (κ3) is 4.41. The van der Waals surface area contributed by atoms with Crippen molar-refractivity contribution >= 4 is 23.8 Å². The number of hydrogen-bond acceptors (Lipinski definition) is 5. The Balaban J connectivity index is 2.86. The smallest absolute Gasteiger partial charge is 0.326 e. The Morgan fingerprint density at radius 3 is 2.35 bits per heavy atom. The largest absolute Gasteiger partial charge is 0.481 e. The molecular weight excluding hydrogens is 306 g/mol. The van der Waals surface area contributed by atoms with E-state index >= 15 is 0 Å². The van der Waals surface area contributed by atoms with E-state index in [4.69, 9.17) is 15.9 Å². The molecule has 5 N–H and O–H groups in total. The summed E-state index contributed by atoms with van der Waals surface area (Å²) in [6.45, 7) is 3.70. The lowest BCUT2D eigenvalue weighted by Gasteiger charge is -2.35. The highest BCUT2D eigenvalue weighted by molar-refractivity contribution is 5.94. The fourth-order valence-corrected chi connectivity index (χ4v) is 2.50. The molecule has 130 valence electrons. The lowest BCUT2D eigenvalue weighted by atomic mass is 10.0. The molecule has 1 aliphatic rings. The number of amides is 2. The number of carboxylic acid groups (broad SMARTS) is 2. The zero-order chi connectivity index (χ0) is 17.8. The molecule has 0 bridgehead atoms. The maximum absolute atomic E-state index is 12.4. The van der Waals surface area contributed by atoms with Crippen molar-refractivity contribution in [2.24, 2.45) is 11.7 Å². The molecule has 0 aliphatic carbocycles. The van der Waals surface area contributed by atoms with Gasteiger partial charge in [0.25, 0.3) is 5.91 Å². The Bertz CT molecular complexity index is 507. The number of aliphatic carboxylic acids is 2. The van der Waals surface area contributed by atoms with Gasteiger partial charge in [-0.2, -0.15) is 0 Å². The number of nitrogens with one attached hydrogen (secondary N) is 1. The summed E-state index contributed by atoms with van der Waals surface area (Å²) in [5, 5.41) is 20.0. The summed E-state index contributed by atoms with van der Waals surface area (Å²) in [5.41, 5.74) is 4.47. The van der Waals surface area contributed by atoms with Crippen molar-refractivity contribution in [3.8, 4) is 0 Å². The van der Waals surface area contributed by atoms with Crippen LogP contribution in [-0.2, 0) is 19.2 Å². The first-order valence-corrected chi connectivity index (χ1v) is 7.45. The van der Waals surface area contributed by atoms with Gasteiger partial charge in [-0.3, -0.25) is 14.4 Å². The maximum Gasteiger partial charge on any atom is 0.326 e. The molecule has 0 aromatic carbocycles. The number of carboxylic acids is 2. The first-order valence-electron chi connectivity index (χ1n) is 7.45. The standard InChI is InChI=1S/C14H23N3O6/c1-8(2)11(20)17-7-3-6-14(17,15)13(23)16-9(12(21)22)4-5-10(18)19/h8-9H,3-7,15H2,1-2H3,(H,16,23)(H,18,19)(H,21,22)/t9-,14-/m0/s1. The van der Waals surface area contributed by atoms with Gasteiger partial charge in [0.2, 0.25) is 5.91 Å². The van der Waals surface area contributed by atoms with Crippen LogP contribution >= 0.6 is 0 Å². The van der Waals surface area contributed by atoms with Crippen LogP contribution in [0.3, 0.4) is 0 Å². The fraction of sp³-hybridized carbons (Fsp3) is 0.714. The molecule has 0 saturated carbocycles. The van der Waals surface area contributed by atoms with Gasteiger partial charge in [-0.25, -0.2) is 4.79 Å². The molecule has 1 heterocycles. The van der Waals surface area contributed by atoms with Gasteiger partial charge in [-0.15, -0.1) is 0 Å². The van der Waals surface area contributed by atoms with Gasteiger partial charge in [0, 0.05) is 18.9 Å². The molecule has 1 rings (SSSR count). The highest BCUT2D eigenvalue weighted by Gasteiger charge is 2.47. The van der Waals surface area contributed by atoms with Gasteiger partial charge in [0.15, 0.2) is 5.66 Å². The minimum Gasteiger partial charge on any atom is -0.481 e. The summed E-state index contributed by atoms with van der Waals surface area (Å²) in [4.78, 5) is 47.6. The molecule has 1 aliphatic heterocycles. The van der Waals surface area contributed by atoms with E-state index < -0.39 is 36.0 Å². The van der Waals surface area contributed by atoms with E-state index in [9.17, 15) is 19.2 Å². The Hall–Kier alpha value is -2.16. The predicted molar refractivity (Wildman–Crippen MR) is 79.1 cm³/mol. The van der Waals surface area contributed by atoms with E-state index in [1.807, 2.05) is 0 Å². The van der Waals surface area contributed by atoms with Crippen LogP contribution in [0, 0.1) is 5.92 Å². The maximum atomic E-state index is 12.4. The average Bonchev–Trinajstić information content (AvgIpc) is 2.84. The molecule has 9 nitrogen and oxygen atoms in total. The van der Waals surface area contributed by atoms with Crippen molar-refractivity contribution in [2.45, 2.75) is 51.2 Å². The fourth-order valence-electron chi connectivity index (χ4n) is 2.50. The van der Waals surface area contributed by atoms with Gasteiger partial charge >= 0.3 is 11.9 Å². The van der Waals surface area contributed by atoms with Crippen molar-refractivity contribution in [3.63, 3.8) is 0 Å². The summed E-state index contributed by atoms with van der Waals surface area (Å²) in [7, 11) is 0. The van der Waals surface area contributed by atoms with Crippen molar-refractivity contribution in [1.82, 2.24) is 10.2 Å². The zero-order valence-electron chi connectivity index (χ0n) is 13.2. The quantitative estimate of drug-likeness (QED) is 0.485. The van der Waals surface area contributed by atoms with E-state index in [0.29, 0.717) is 13.0 Å². The second-order valence-corrected chi connectivity index (χ2v) is 5.97. The third-order valence-electron chi connectivity index (χ3n) is 3.82. The monoisotopic (exact) mass is 329 g/mol. The number of rotatable bonds is 7. The highest BCUT2D eigenvalue weighted by Crippen LogP contribution is 2.26. The van der Waals surface area contributed by atoms with Crippen molar-refractivity contribution in [2.75, 3.05) is 6.54 Å². The Morgan fingerprint density at radius 2 is 1.87 bits per heavy atom. The summed E-state index contributed by atoms with van der Waals surface area (Å²) in [6.07, 6.45) is 0.103. The first-order chi connectivity index (χ1) is 10.6. The van der Waals surface area contributed by atoms with E-state index in [1.165, 1.54) is 4.90 Å². The Kier molecular flexibility index (Phi) is 6.08. The molecule has 1 saturated heterocycles. The SMILES string of the molecule is CC(C)C(=O)N1CCC[C@@]1(N)C(=O)N[C@@H](CCC(=O)O)C(=O)O. The van der Waals surface area contributed by atoms with Crippen LogP contribution in [0.2, 0.25) is 0 Å². The van der Waals surface area contributed by atoms with Crippen LogP contribution in [0.1, 0.15) is 39.5 Å². The van der Waals surface area contributed by atoms with Gasteiger partial charge in [-0.1, -0.05) is 13.8 Å². The highest BCUT2D eigenvalue weighted by atomic mass is 16.4. The van der Waals surface area contributed by atoms with E-state index in [2.05, 4.69) is 5.32 Å². The number of nitrogens with two attached hydrogens (primary N) is 1. The molecule has 1 fully saturated rings. The summed E-state index contributed by atoms with van der Waals surface area (Å²) in [6, 6.07) is -1.37. The minimum atomic E-state index is -1.60. The number of nitrogens with zero attached hydrogens (tertiary/aromatic N) is 1. The topological polar surface area (TPSA) is 150 Å². The second-order valence-electron chi connectivity index (χ2n) is 5.97. The number of carbonyl (C=O) groups excluding carboxylic acids is 2. The zero-order valence-corrected chi connectivity index (χ0v) is 13.2. The second kappa shape index (κ2) is 7.40. The lowest BCUT2D eigenvalue weighted by Crippen LogP contribution is -2.65. The van der Waals surface area contributed by atoms with Crippen LogP contribution in [-0.4, -0.2) is 57.1 Å². The van der Waals surface area contributed by atoms with Gasteiger partial charge in [-0.05, 0) is 19.3 Å². The molecule has 2 amide bonds. The summed E-state index contributed by atoms with van der Waals surface area (Å²) in [5.74, 6) is -3.90. The molecule has 0 unspecified atom stereocenters. The molecule has 0 aromatic rings. The van der Waals surface area contributed by atoms with Crippen molar-refractivity contribution in [1.29, 1.82) is 0 Å². The molecule has 23 heavy (non-hydrogen) atoms. The summed E-state index contributed by atoms with van der Waals surface area (Å²) < 4.78 is 0. The third-order valence-corrected chi connectivity index (χ3v) is 3.82. The van der Waals surface area contributed by atoms with E-state index in [1.54, 1.807) is 13.8 Å². The van der Waals surface area contributed by atoms with Gasteiger partial charge in [0.05, 0.1) is 0 Å². The molecule has 2 atom stereocenters. The van der Waals surface area contributed by atoms with Crippen LogP contribution in [0.15, 0.2) is 0 Å². The molecule has 0 radical (unpaired) electrons. The lowest BCUT2D eigenvalue weighted by molar-refractivity contribution is -0.149. The predicted octanol–water partition coefficient (Wildman–Crippen LogP) is -0.646. The summed E-state index contributed by atoms with van der Waals surface area (Å²) >= 11 is 0. The minimum absolute atomic E-state index is 0.225. The van der Waals surface area contributed by atoms with Crippen molar-refractivity contribution < 1.29 is 29.4 Å². The van der Waals surface area contributed by atoms with Crippen molar-refractivity contribution in [3.05, 3.63) is 0 Å². The molecule has 0 aromatic heterocycles. The van der Waals surface area contributed by atoms with E-state index in [-0.39, 0.29) is 24.7 Å². The normalized spacial score (nSPS) is 22.0. The van der Waals surface area contributed by atoms with Gasteiger partial charge in [0.1, 0.15) is 6.04 Å². The number of carbonyl (C=O) groups is 4.